The lowest BCUT2D eigenvalue weighted by atomic mass is 9.88. The number of rotatable bonds is 6. The van der Waals surface area contributed by atoms with E-state index < -0.39 is 11.8 Å². The Bertz CT molecular complexity index is 1280. The first-order valence-corrected chi connectivity index (χ1v) is 11.4. The quantitative estimate of drug-likeness (QED) is 0.460. The number of furan rings is 1. The molecule has 1 aliphatic rings. The van der Waals surface area contributed by atoms with Gasteiger partial charge in [0.15, 0.2) is 0 Å². The molecule has 2 aromatic heterocycles. The number of aromatic nitrogens is 2. The summed E-state index contributed by atoms with van der Waals surface area (Å²) in [6.07, 6.45) is 2.49. The molecule has 1 fully saturated rings. The lowest BCUT2D eigenvalue weighted by Crippen LogP contribution is -2.47. The van der Waals surface area contributed by atoms with Crippen LogP contribution < -0.4 is 4.74 Å². The molecule has 7 nitrogen and oxygen atoms in total. The van der Waals surface area contributed by atoms with Crippen LogP contribution in [0.5, 0.6) is 5.75 Å². The van der Waals surface area contributed by atoms with Gasteiger partial charge in [0, 0.05) is 19.5 Å². The Balaban J connectivity index is 1.18. The molecule has 0 saturated carbocycles. The molecule has 2 N–H and O–H groups in total. The third-order valence-corrected chi connectivity index (χ3v) is 6.47. The summed E-state index contributed by atoms with van der Waals surface area (Å²) in [6, 6.07) is 13.6. The number of aliphatic hydroxyl groups excluding tert-OH is 1. The standard InChI is InChI=1S/C26H29N3O4/c1-17-13-22(19-15-18(2)33-23(19)14-17)32-12-7-25(30)29-10-8-26(31,9-11-29)24-16-27-20-5-3-4-6-21(20)28-24/h3-6,13-16,25,30-31H,7-12H2,1-2H3. The van der Waals surface area contributed by atoms with Gasteiger partial charge in [-0.2, -0.15) is 0 Å². The number of nitrogens with zero attached hydrogens (tertiary/aromatic N) is 3. The average molecular weight is 448 g/mol. The van der Waals surface area contributed by atoms with Crippen LogP contribution in [0.25, 0.3) is 22.0 Å². The zero-order valence-corrected chi connectivity index (χ0v) is 19.0. The predicted octanol–water partition coefficient (Wildman–Crippen LogP) is 4.06. The summed E-state index contributed by atoms with van der Waals surface area (Å²) >= 11 is 0. The van der Waals surface area contributed by atoms with Gasteiger partial charge in [-0.15, -0.1) is 0 Å². The Morgan fingerprint density at radius 3 is 2.67 bits per heavy atom. The molecule has 0 spiro atoms. The van der Waals surface area contributed by atoms with Crippen LogP contribution in [0.15, 0.2) is 53.1 Å². The summed E-state index contributed by atoms with van der Waals surface area (Å²) in [7, 11) is 0. The fourth-order valence-corrected chi connectivity index (χ4v) is 4.57. The van der Waals surface area contributed by atoms with Crippen molar-refractivity contribution in [3.8, 4) is 5.75 Å². The average Bonchev–Trinajstić information content (AvgIpc) is 3.19. The van der Waals surface area contributed by atoms with E-state index in [0.717, 1.165) is 39.1 Å². The van der Waals surface area contributed by atoms with Crippen molar-refractivity contribution in [3.05, 3.63) is 65.7 Å². The highest BCUT2D eigenvalue weighted by Crippen LogP contribution is 2.33. The summed E-state index contributed by atoms with van der Waals surface area (Å²) in [5.74, 6) is 1.62. The maximum Gasteiger partial charge on any atom is 0.138 e. The lowest BCUT2D eigenvalue weighted by Gasteiger charge is -2.39. The summed E-state index contributed by atoms with van der Waals surface area (Å²) < 4.78 is 11.7. The number of ether oxygens (including phenoxy) is 1. The van der Waals surface area contributed by atoms with E-state index in [-0.39, 0.29) is 0 Å². The fraction of sp³-hybridized carbons (Fsp3) is 0.385. The molecule has 2 aromatic carbocycles. The molecule has 33 heavy (non-hydrogen) atoms. The van der Waals surface area contributed by atoms with Crippen LogP contribution in [0.2, 0.25) is 0 Å². The molecular formula is C26H29N3O4. The predicted molar refractivity (Wildman–Crippen MR) is 126 cm³/mol. The van der Waals surface area contributed by atoms with Crippen molar-refractivity contribution in [1.82, 2.24) is 14.9 Å². The topological polar surface area (TPSA) is 91.9 Å². The lowest BCUT2D eigenvalue weighted by molar-refractivity contribution is -0.0835. The van der Waals surface area contributed by atoms with Crippen LogP contribution in [0.3, 0.4) is 0 Å². The Kier molecular flexibility index (Phi) is 5.78. The van der Waals surface area contributed by atoms with Crippen molar-refractivity contribution in [2.75, 3.05) is 19.7 Å². The number of likely N-dealkylation sites (tertiary alicyclic amines) is 1. The Labute approximate surface area is 192 Å². The largest absolute Gasteiger partial charge is 0.493 e. The van der Waals surface area contributed by atoms with Crippen LogP contribution in [0.4, 0.5) is 0 Å². The molecule has 4 aromatic rings. The molecule has 0 radical (unpaired) electrons. The van der Waals surface area contributed by atoms with Gasteiger partial charge in [0.05, 0.1) is 34.9 Å². The van der Waals surface area contributed by atoms with E-state index in [4.69, 9.17) is 9.15 Å². The van der Waals surface area contributed by atoms with Crippen LogP contribution in [-0.2, 0) is 5.60 Å². The zero-order valence-electron chi connectivity index (χ0n) is 19.0. The molecule has 7 heteroatoms. The van der Waals surface area contributed by atoms with E-state index in [1.807, 2.05) is 61.2 Å². The number of fused-ring (bicyclic) bond motifs is 2. The molecular weight excluding hydrogens is 418 g/mol. The van der Waals surface area contributed by atoms with Gasteiger partial charge in [0.1, 0.15) is 28.9 Å². The SMILES string of the molecule is Cc1cc(OCCC(O)N2CCC(O)(c3cnc4ccccc4n3)CC2)c2cc(C)oc2c1. The molecule has 1 unspecified atom stereocenters. The minimum absolute atomic E-state index is 0.390. The molecule has 3 heterocycles. The minimum Gasteiger partial charge on any atom is -0.493 e. The number of benzene rings is 2. The number of aliphatic hydroxyl groups is 2. The second-order valence-electron chi connectivity index (χ2n) is 8.96. The number of hydrogen-bond donors (Lipinski definition) is 2. The number of aryl methyl sites for hydroxylation is 2. The van der Waals surface area contributed by atoms with E-state index in [9.17, 15) is 10.2 Å². The fourth-order valence-electron chi connectivity index (χ4n) is 4.57. The second-order valence-corrected chi connectivity index (χ2v) is 8.96. The molecule has 0 bridgehead atoms. The first-order valence-electron chi connectivity index (χ1n) is 11.4. The van der Waals surface area contributed by atoms with E-state index in [1.165, 1.54) is 0 Å². The van der Waals surface area contributed by atoms with E-state index in [0.29, 0.717) is 44.7 Å². The Hall–Kier alpha value is -3.00. The van der Waals surface area contributed by atoms with Crippen molar-refractivity contribution < 1.29 is 19.4 Å². The van der Waals surface area contributed by atoms with Gasteiger partial charge in [-0.1, -0.05) is 12.1 Å². The molecule has 0 aliphatic carbocycles. The van der Waals surface area contributed by atoms with E-state index in [1.54, 1.807) is 6.20 Å². The van der Waals surface area contributed by atoms with E-state index >= 15 is 0 Å². The Morgan fingerprint density at radius 2 is 1.88 bits per heavy atom. The minimum atomic E-state index is -1.03. The second kappa shape index (κ2) is 8.74. The van der Waals surface area contributed by atoms with Crippen molar-refractivity contribution in [3.63, 3.8) is 0 Å². The maximum absolute atomic E-state index is 11.2. The highest BCUT2D eigenvalue weighted by atomic mass is 16.5. The maximum atomic E-state index is 11.2. The smallest absolute Gasteiger partial charge is 0.138 e. The monoisotopic (exact) mass is 447 g/mol. The zero-order chi connectivity index (χ0) is 23.0. The number of piperidine rings is 1. The first kappa shape index (κ1) is 21.8. The summed E-state index contributed by atoms with van der Waals surface area (Å²) in [4.78, 5) is 11.1. The van der Waals surface area contributed by atoms with Gasteiger partial charge in [0.25, 0.3) is 0 Å². The summed E-state index contributed by atoms with van der Waals surface area (Å²) in [5, 5.41) is 22.9. The van der Waals surface area contributed by atoms with E-state index in [2.05, 4.69) is 9.97 Å². The van der Waals surface area contributed by atoms with Gasteiger partial charge in [-0.05, 0) is 62.6 Å². The molecule has 1 saturated heterocycles. The number of para-hydroxylation sites is 2. The van der Waals surface area contributed by atoms with Crippen LogP contribution in [0, 0.1) is 13.8 Å². The van der Waals surface area contributed by atoms with Crippen LogP contribution in [0.1, 0.15) is 36.3 Å². The molecule has 172 valence electrons. The molecule has 5 rings (SSSR count). The molecule has 0 amide bonds. The van der Waals surface area contributed by atoms with Crippen LogP contribution in [-0.4, -0.2) is 51.0 Å². The third kappa shape index (κ3) is 4.44. The molecule has 1 atom stereocenters. The normalized spacial score (nSPS) is 17.5. The highest BCUT2D eigenvalue weighted by Gasteiger charge is 2.37. The van der Waals surface area contributed by atoms with Crippen LogP contribution >= 0.6 is 0 Å². The summed E-state index contributed by atoms with van der Waals surface area (Å²) in [5.41, 5.74) is 3.04. The third-order valence-electron chi connectivity index (χ3n) is 6.47. The molecule has 1 aliphatic heterocycles. The summed E-state index contributed by atoms with van der Waals surface area (Å²) in [6.45, 7) is 5.46. The van der Waals surface area contributed by atoms with Gasteiger partial charge < -0.3 is 19.4 Å². The number of hydrogen-bond acceptors (Lipinski definition) is 7. The first-order chi connectivity index (χ1) is 15.9. The van der Waals surface area contributed by atoms with Crippen molar-refractivity contribution in [2.24, 2.45) is 0 Å². The highest BCUT2D eigenvalue weighted by molar-refractivity contribution is 5.85. The Morgan fingerprint density at radius 1 is 1.12 bits per heavy atom. The van der Waals surface area contributed by atoms with Crippen molar-refractivity contribution >= 4 is 22.0 Å². The van der Waals surface area contributed by atoms with Crippen molar-refractivity contribution in [1.29, 1.82) is 0 Å². The van der Waals surface area contributed by atoms with Gasteiger partial charge in [-0.3, -0.25) is 9.88 Å². The van der Waals surface area contributed by atoms with Crippen molar-refractivity contribution in [2.45, 2.75) is 44.9 Å². The van der Waals surface area contributed by atoms with Gasteiger partial charge >= 0.3 is 0 Å². The van der Waals surface area contributed by atoms with Gasteiger partial charge in [-0.25, -0.2) is 4.98 Å². The van der Waals surface area contributed by atoms with Gasteiger partial charge in [0.2, 0.25) is 0 Å².